The lowest BCUT2D eigenvalue weighted by molar-refractivity contribution is -0.137. The average molecular weight is 449 g/mol. The van der Waals surface area contributed by atoms with Gasteiger partial charge in [0.15, 0.2) is 0 Å². The van der Waals surface area contributed by atoms with E-state index in [0.717, 1.165) is 6.07 Å². The van der Waals surface area contributed by atoms with Crippen molar-refractivity contribution in [3.8, 4) is 5.75 Å². The zero-order valence-corrected chi connectivity index (χ0v) is 16.7. The van der Waals surface area contributed by atoms with E-state index in [1.807, 2.05) is 0 Å². The molecule has 1 N–H and O–H groups in total. The molecule has 0 bridgehead atoms. The van der Waals surface area contributed by atoms with Crippen molar-refractivity contribution in [2.24, 2.45) is 0 Å². The fourth-order valence-electron chi connectivity index (χ4n) is 2.96. The number of benzene rings is 2. The molecule has 1 aliphatic heterocycles. The maximum absolute atomic E-state index is 12.9. The van der Waals surface area contributed by atoms with Crippen LogP contribution in [0.4, 0.5) is 24.5 Å². The highest BCUT2D eigenvalue weighted by Gasteiger charge is 2.33. The van der Waals surface area contributed by atoms with E-state index in [1.54, 1.807) is 0 Å². The monoisotopic (exact) mass is 448 g/mol. The number of alkyl halides is 3. The van der Waals surface area contributed by atoms with Crippen LogP contribution in [0.1, 0.15) is 18.4 Å². The zero-order valence-electron chi connectivity index (χ0n) is 15.1. The summed E-state index contributed by atoms with van der Waals surface area (Å²) >= 11 is 5.83. The van der Waals surface area contributed by atoms with Crippen LogP contribution in [0.15, 0.2) is 41.3 Å². The van der Waals surface area contributed by atoms with Crippen molar-refractivity contribution in [3.05, 3.63) is 47.0 Å². The van der Waals surface area contributed by atoms with Crippen LogP contribution in [0.2, 0.25) is 5.02 Å². The van der Waals surface area contributed by atoms with Gasteiger partial charge < -0.3 is 9.64 Å². The molecule has 0 atom stereocenters. The molecule has 1 amide bonds. The Bertz CT molecular complexity index is 1060. The Morgan fingerprint density at radius 3 is 2.48 bits per heavy atom. The number of amides is 1. The van der Waals surface area contributed by atoms with E-state index in [9.17, 15) is 26.4 Å². The van der Waals surface area contributed by atoms with Gasteiger partial charge in [0.1, 0.15) is 10.6 Å². The molecule has 2 aromatic rings. The molecular formula is C18H16ClF3N2O4S. The van der Waals surface area contributed by atoms with Crippen molar-refractivity contribution in [2.45, 2.75) is 23.9 Å². The zero-order chi connectivity index (χ0) is 21.4. The molecule has 0 radical (unpaired) electrons. The summed E-state index contributed by atoms with van der Waals surface area (Å²) in [6, 6.07) is 6.29. The van der Waals surface area contributed by atoms with Crippen molar-refractivity contribution in [2.75, 3.05) is 23.3 Å². The van der Waals surface area contributed by atoms with E-state index in [2.05, 4.69) is 4.72 Å². The number of hydrogen-bond donors (Lipinski definition) is 1. The number of hydrogen-bond acceptors (Lipinski definition) is 4. The van der Waals surface area contributed by atoms with E-state index in [1.165, 1.54) is 30.2 Å². The summed E-state index contributed by atoms with van der Waals surface area (Å²) in [4.78, 5) is 12.8. The Labute approximate surface area is 170 Å². The van der Waals surface area contributed by atoms with E-state index >= 15 is 0 Å². The molecule has 3 rings (SSSR count). The predicted octanol–water partition coefficient (Wildman–Crippen LogP) is 4.30. The second-order valence-electron chi connectivity index (χ2n) is 6.28. The number of sulfonamides is 1. The summed E-state index contributed by atoms with van der Waals surface area (Å²) in [6.07, 6.45) is -3.61. The number of nitrogens with one attached hydrogen (secondary N) is 1. The van der Waals surface area contributed by atoms with Gasteiger partial charge in [0.2, 0.25) is 5.91 Å². The molecule has 1 heterocycles. The number of methoxy groups -OCH3 is 1. The van der Waals surface area contributed by atoms with Crippen molar-refractivity contribution in [1.82, 2.24) is 0 Å². The lowest BCUT2D eigenvalue weighted by Crippen LogP contribution is -2.24. The first-order chi connectivity index (χ1) is 13.5. The number of carbonyl (C=O) groups excluding carboxylic acids is 1. The van der Waals surface area contributed by atoms with Gasteiger partial charge in [-0.1, -0.05) is 11.6 Å². The molecule has 1 fully saturated rings. The molecule has 0 spiro atoms. The molecule has 6 nitrogen and oxygen atoms in total. The number of halogens is 4. The predicted molar refractivity (Wildman–Crippen MR) is 102 cm³/mol. The van der Waals surface area contributed by atoms with Crippen LogP contribution in [-0.4, -0.2) is 28.0 Å². The third kappa shape index (κ3) is 4.43. The molecule has 11 heteroatoms. The summed E-state index contributed by atoms with van der Waals surface area (Å²) in [5.41, 5.74) is -0.608. The third-order valence-electron chi connectivity index (χ3n) is 4.34. The molecule has 29 heavy (non-hydrogen) atoms. The van der Waals surface area contributed by atoms with Gasteiger partial charge in [-0.3, -0.25) is 9.52 Å². The maximum Gasteiger partial charge on any atom is 0.416 e. The molecule has 2 aromatic carbocycles. The van der Waals surface area contributed by atoms with Gasteiger partial charge in [0, 0.05) is 19.0 Å². The molecule has 0 aliphatic carbocycles. The van der Waals surface area contributed by atoms with Crippen LogP contribution in [0.3, 0.4) is 0 Å². The SMILES string of the molecule is COc1cc(NS(=O)(=O)c2cc(C(F)(F)F)ccc2Cl)ccc1N1CCCC1=O. The van der Waals surface area contributed by atoms with Crippen LogP contribution < -0.4 is 14.4 Å². The summed E-state index contributed by atoms with van der Waals surface area (Å²) in [5, 5.41) is -0.350. The number of rotatable bonds is 5. The first-order valence-corrected chi connectivity index (χ1v) is 10.3. The maximum atomic E-state index is 12.9. The minimum atomic E-state index is -4.72. The lowest BCUT2D eigenvalue weighted by atomic mass is 10.2. The Kier molecular flexibility index (Phi) is 5.68. The lowest BCUT2D eigenvalue weighted by Gasteiger charge is -2.20. The highest BCUT2D eigenvalue weighted by molar-refractivity contribution is 7.92. The normalized spacial score (nSPS) is 14.9. The van der Waals surface area contributed by atoms with Gasteiger partial charge >= 0.3 is 6.18 Å². The van der Waals surface area contributed by atoms with Gasteiger partial charge in [0.05, 0.1) is 29.1 Å². The number of ether oxygens (including phenoxy) is 1. The van der Waals surface area contributed by atoms with Gasteiger partial charge in [-0.05, 0) is 36.8 Å². The van der Waals surface area contributed by atoms with Crippen LogP contribution in [0.25, 0.3) is 0 Å². The topological polar surface area (TPSA) is 75.7 Å². The smallest absolute Gasteiger partial charge is 0.416 e. The Morgan fingerprint density at radius 2 is 1.90 bits per heavy atom. The average Bonchev–Trinajstić information content (AvgIpc) is 3.06. The molecular weight excluding hydrogens is 433 g/mol. The second kappa shape index (κ2) is 7.75. The summed E-state index contributed by atoms with van der Waals surface area (Å²) in [7, 11) is -3.05. The van der Waals surface area contributed by atoms with E-state index in [4.69, 9.17) is 16.3 Å². The van der Waals surface area contributed by atoms with E-state index in [-0.39, 0.29) is 22.4 Å². The molecule has 0 aromatic heterocycles. The van der Waals surface area contributed by atoms with Crippen LogP contribution >= 0.6 is 11.6 Å². The molecule has 0 saturated carbocycles. The second-order valence-corrected chi connectivity index (χ2v) is 8.34. The standard InChI is InChI=1S/C18H16ClF3N2O4S/c1-28-15-10-12(5-7-14(15)24-8-2-3-17(24)25)23-29(26,27)16-9-11(18(20,21)22)4-6-13(16)19/h4-7,9-10,23H,2-3,8H2,1H3. The Balaban J connectivity index is 1.94. The van der Waals surface area contributed by atoms with Crippen LogP contribution in [0, 0.1) is 0 Å². The van der Waals surface area contributed by atoms with Crippen molar-refractivity contribution >= 4 is 38.9 Å². The Morgan fingerprint density at radius 1 is 1.17 bits per heavy atom. The first kappa shape index (κ1) is 21.3. The quantitative estimate of drug-likeness (QED) is 0.740. The number of nitrogens with zero attached hydrogens (tertiary/aromatic N) is 1. The van der Waals surface area contributed by atoms with Crippen molar-refractivity contribution in [3.63, 3.8) is 0 Å². The Hall–Kier alpha value is -2.46. The molecule has 0 unspecified atom stereocenters. The van der Waals surface area contributed by atoms with Gasteiger partial charge in [-0.15, -0.1) is 0 Å². The van der Waals surface area contributed by atoms with E-state index in [0.29, 0.717) is 37.2 Å². The number of anilines is 2. The fourth-order valence-corrected chi connectivity index (χ4v) is 4.54. The minimum absolute atomic E-state index is 0.0470. The first-order valence-electron chi connectivity index (χ1n) is 8.41. The van der Waals surface area contributed by atoms with Crippen LogP contribution in [-0.2, 0) is 21.0 Å². The third-order valence-corrected chi connectivity index (χ3v) is 6.21. The molecule has 156 valence electrons. The van der Waals surface area contributed by atoms with Gasteiger partial charge in [0.25, 0.3) is 10.0 Å². The van der Waals surface area contributed by atoms with E-state index < -0.39 is 26.7 Å². The molecule has 1 saturated heterocycles. The van der Waals surface area contributed by atoms with Gasteiger partial charge in [-0.2, -0.15) is 13.2 Å². The number of carbonyl (C=O) groups is 1. The summed E-state index contributed by atoms with van der Waals surface area (Å²) < 4.78 is 71.5. The fraction of sp³-hybridized carbons (Fsp3) is 0.278. The largest absolute Gasteiger partial charge is 0.494 e. The van der Waals surface area contributed by atoms with Crippen LogP contribution in [0.5, 0.6) is 5.75 Å². The highest BCUT2D eigenvalue weighted by Crippen LogP contribution is 2.36. The summed E-state index contributed by atoms with van der Waals surface area (Å²) in [6.45, 7) is 0.514. The van der Waals surface area contributed by atoms with Gasteiger partial charge in [-0.25, -0.2) is 8.42 Å². The minimum Gasteiger partial charge on any atom is -0.494 e. The highest BCUT2D eigenvalue weighted by atomic mass is 35.5. The molecule has 1 aliphatic rings. The van der Waals surface area contributed by atoms with Crippen molar-refractivity contribution in [1.29, 1.82) is 0 Å². The summed E-state index contributed by atoms with van der Waals surface area (Å²) in [5.74, 6) is 0.169. The van der Waals surface area contributed by atoms with Crippen molar-refractivity contribution < 1.29 is 31.1 Å².